The second-order valence-corrected chi connectivity index (χ2v) is 4.25. The zero-order valence-corrected chi connectivity index (χ0v) is 9.01. The minimum atomic E-state index is 0.589. The van der Waals surface area contributed by atoms with Gasteiger partial charge in [0, 0.05) is 18.5 Å². The number of aromatic nitrogens is 1. The molecule has 0 spiro atoms. The Kier molecular flexibility index (Phi) is 3.01. The Morgan fingerprint density at radius 3 is 3.15 bits per heavy atom. The summed E-state index contributed by atoms with van der Waals surface area (Å²) in [7, 11) is 0. The first-order chi connectivity index (χ1) is 6.34. The molecule has 0 radical (unpaired) electrons. The van der Waals surface area contributed by atoms with E-state index in [-0.39, 0.29) is 0 Å². The van der Waals surface area contributed by atoms with Crippen LogP contribution in [0.1, 0.15) is 25.0 Å². The van der Waals surface area contributed by atoms with E-state index in [0.717, 1.165) is 23.3 Å². The lowest BCUT2D eigenvalue weighted by atomic mass is 10.0. The molecular formula is C9H13BrN2O. The Labute approximate surface area is 86.0 Å². The molecule has 1 unspecified atom stereocenters. The maximum Gasteiger partial charge on any atom is 0.202 e. The van der Waals surface area contributed by atoms with Crippen LogP contribution < -0.4 is 5.32 Å². The maximum absolute atomic E-state index is 4.94. The molecule has 3 nitrogen and oxygen atoms in total. The molecule has 2 heterocycles. The lowest BCUT2D eigenvalue weighted by Crippen LogP contribution is -2.35. The summed E-state index contributed by atoms with van der Waals surface area (Å²) in [6.07, 6.45) is 4.87. The van der Waals surface area contributed by atoms with Crippen LogP contribution in [0.3, 0.4) is 0 Å². The van der Waals surface area contributed by atoms with E-state index in [1.54, 1.807) is 0 Å². The smallest absolute Gasteiger partial charge is 0.202 e. The summed E-state index contributed by atoms with van der Waals surface area (Å²) in [6.45, 7) is 1.14. The van der Waals surface area contributed by atoms with Crippen LogP contribution in [-0.2, 0) is 6.42 Å². The fourth-order valence-corrected chi connectivity index (χ4v) is 2.07. The van der Waals surface area contributed by atoms with Crippen molar-refractivity contribution in [2.45, 2.75) is 31.7 Å². The molecule has 1 aliphatic rings. The quantitative estimate of drug-likeness (QED) is 0.867. The van der Waals surface area contributed by atoms with Gasteiger partial charge in [-0.15, -0.1) is 0 Å². The van der Waals surface area contributed by atoms with Crippen molar-refractivity contribution >= 4 is 15.9 Å². The van der Waals surface area contributed by atoms with Crippen molar-refractivity contribution < 1.29 is 4.52 Å². The first kappa shape index (κ1) is 9.21. The molecule has 1 N–H and O–H groups in total. The average Bonchev–Trinajstić information content (AvgIpc) is 2.53. The molecule has 1 aromatic heterocycles. The molecule has 0 bridgehead atoms. The summed E-state index contributed by atoms with van der Waals surface area (Å²) < 4.78 is 5.67. The van der Waals surface area contributed by atoms with Crippen LogP contribution in [0.2, 0.25) is 0 Å². The lowest BCUT2D eigenvalue weighted by molar-refractivity contribution is 0.369. The van der Waals surface area contributed by atoms with Crippen LogP contribution in [0.4, 0.5) is 0 Å². The molecule has 1 fully saturated rings. The van der Waals surface area contributed by atoms with Gasteiger partial charge in [0.25, 0.3) is 0 Å². The number of hydrogen-bond acceptors (Lipinski definition) is 3. The first-order valence-corrected chi connectivity index (χ1v) is 5.48. The molecule has 0 aliphatic carbocycles. The zero-order valence-electron chi connectivity index (χ0n) is 7.42. The summed E-state index contributed by atoms with van der Waals surface area (Å²) in [4.78, 5) is 0. The van der Waals surface area contributed by atoms with Gasteiger partial charge in [-0.05, 0) is 35.3 Å². The van der Waals surface area contributed by atoms with Crippen LogP contribution in [0, 0.1) is 0 Å². The van der Waals surface area contributed by atoms with Crippen molar-refractivity contribution in [3.05, 3.63) is 16.4 Å². The monoisotopic (exact) mass is 244 g/mol. The molecular weight excluding hydrogens is 232 g/mol. The topological polar surface area (TPSA) is 38.1 Å². The fraction of sp³-hybridized carbons (Fsp3) is 0.667. The number of rotatable bonds is 2. The minimum Gasteiger partial charge on any atom is -0.349 e. The fourth-order valence-electron chi connectivity index (χ4n) is 1.73. The summed E-state index contributed by atoms with van der Waals surface area (Å²) in [5, 5.41) is 7.43. The summed E-state index contributed by atoms with van der Waals surface area (Å²) in [6, 6.07) is 2.53. The van der Waals surface area contributed by atoms with Crippen molar-refractivity contribution in [2.24, 2.45) is 0 Å². The largest absolute Gasteiger partial charge is 0.349 e. The van der Waals surface area contributed by atoms with Gasteiger partial charge in [0.05, 0.1) is 5.69 Å². The Morgan fingerprint density at radius 2 is 2.54 bits per heavy atom. The van der Waals surface area contributed by atoms with E-state index in [2.05, 4.69) is 26.4 Å². The summed E-state index contributed by atoms with van der Waals surface area (Å²) in [5.74, 6) is 0. The highest BCUT2D eigenvalue weighted by molar-refractivity contribution is 9.10. The van der Waals surface area contributed by atoms with Gasteiger partial charge in [0.15, 0.2) is 0 Å². The highest BCUT2D eigenvalue weighted by Gasteiger charge is 2.14. The van der Waals surface area contributed by atoms with Gasteiger partial charge < -0.3 is 9.84 Å². The van der Waals surface area contributed by atoms with E-state index >= 15 is 0 Å². The predicted octanol–water partition coefficient (Wildman–Crippen LogP) is 2.12. The maximum atomic E-state index is 4.94. The highest BCUT2D eigenvalue weighted by atomic mass is 79.9. The summed E-state index contributed by atoms with van der Waals surface area (Å²) >= 11 is 3.25. The number of nitrogens with zero attached hydrogens (tertiary/aromatic N) is 1. The molecule has 1 aromatic rings. The standard InChI is InChI=1S/C9H13BrN2O/c10-9-6-8(12-13-9)5-7-3-1-2-4-11-7/h6-7,11H,1-5H2. The third-order valence-corrected chi connectivity index (χ3v) is 2.77. The van der Waals surface area contributed by atoms with E-state index in [9.17, 15) is 0 Å². The van der Waals surface area contributed by atoms with Crippen molar-refractivity contribution in [1.82, 2.24) is 10.5 Å². The Bertz CT molecular complexity index is 268. The lowest BCUT2D eigenvalue weighted by Gasteiger charge is -2.22. The van der Waals surface area contributed by atoms with E-state index in [1.165, 1.54) is 19.3 Å². The molecule has 72 valence electrons. The van der Waals surface area contributed by atoms with E-state index in [0.29, 0.717) is 6.04 Å². The average molecular weight is 245 g/mol. The number of piperidine rings is 1. The normalized spacial score (nSPS) is 23.3. The van der Waals surface area contributed by atoms with Crippen molar-refractivity contribution in [2.75, 3.05) is 6.54 Å². The van der Waals surface area contributed by atoms with Crippen LogP contribution in [0.15, 0.2) is 15.3 Å². The van der Waals surface area contributed by atoms with E-state index < -0.39 is 0 Å². The molecule has 0 amide bonds. The number of halogens is 1. The molecule has 0 saturated carbocycles. The van der Waals surface area contributed by atoms with Gasteiger partial charge in [-0.3, -0.25) is 0 Å². The molecule has 1 saturated heterocycles. The van der Waals surface area contributed by atoms with Gasteiger partial charge in [0.1, 0.15) is 0 Å². The highest BCUT2D eigenvalue weighted by Crippen LogP contribution is 2.15. The zero-order chi connectivity index (χ0) is 9.10. The molecule has 0 aromatic carbocycles. The van der Waals surface area contributed by atoms with Gasteiger partial charge in [-0.25, -0.2) is 0 Å². The van der Waals surface area contributed by atoms with Crippen molar-refractivity contribution in [3.63, 3.8) is 0 Å². The first-order valence-electron chi connectivity index (χ1n) is 4.69. The Hall–Kier alpha value is -0.350. The second-order valence-electron chi connectivity index (χ2n) is 3.47. The van der Waals surface area contributed by atoms with Crippen molar-refractivity contribution in [1.29, 1.82) is 0 Å². The van der Waals surface area contributed by atoms with E-state index in [1.807, 2.05) is 6.07 Å². The molecule has 1 aliphatic heterocycles. The summed E-state index contributed by atoms with van der Waals surface area (Å²) in [5.41, 5.74) is 1.03. The number of nitrogens with one attached hydrogen (secondary N) is 1. The van der Waals surface area contributed by atoms with E-state index in [4.69, 9.17) is 4.52 Å². The van der Waals surface area contributed by atoms with Gasteiger partial charge in [0.2, 0.25) is 4.67 Å². The molecule has 13 heavy (non-hydrogen) atoms. The molecule has 4 heteroatoms. The SMILES string of the molecule is Brc1cc(CC2CCCCN2)no1. The van der Waals surface area contributed by atoms with Gasteiger partial charge in [-0.2, -0.15) is 0 Å². The van der Waals surface area contributed by atoms with Gasteiger partial charge >= 0.3 is 0 Å². The predicted molar refractivity (Wildman–Crippen MR) is 53.5 cm³/mol. The van der Waals surface area contributed by atoms with Crippen LogP contribution >= 0.6 is 15.9 Å². The van der Waals surface area contributed by atoms with Gasteiger partial charge in [-0.1, -0.05) is 11.6 Å². The molecule has 2 rings (SSSR count). The van der Waals surface area contributed by atoms with Crippen molar-refractivity contribution in [3.8, 4) is 0 Å². The molecule has 1 atom stereocenters. The third-order valence-electron chi connectivity index (χ3n) is 2.40. The van der Waals surface area contributed by atoms with Crippen LogP contribution in [0.25, 0.3) is 0 Å². The van der Waals surface area contributed by atoms with Crippen LogP contribution in [0.5, 0.6) is 0 Å². The van der Waals surface area contributed by atoms with Crippen LogP contribution in [-0.4, -0.2) is 17.7 Å². The minimum absolute atomic E-state index is 0.589. The number of hydrogen-bond donors (Lipinski definition) is 1. The third kappa shape index (κ3) is 2.54. The Morgan fingerprint density at radius 1 is 1.62 bits per heavy atom. The Balaban J connectivity index is 1.89. The second kappa shape index (κ2) is 4.24.